The van der Waals surface area contributed by atoms with Crippen molar-refractivity contribution in [2.24, 2.45) is 0 Å². The van der Waals surface area contributed by atoms with Crippen molar-refractivity contribution in [1.82, 2.24) is 20.2 Å². The minimum Gasteiger partial charge on any atom is -0.494 e. The van der Waals surface area contributed by atoms with Crippen LogP contribution in [0.1, 0.15) is 37.1 Å². The summed E-state index contributed by atoms with van der Waals surface area (Å²) in [4.78, 5) is 53.6. The lowest BCUT2D eigenvalue weighted by Crippen LogP contribution is -2.24. The van der Waals surface area contributed by atoms with Gasteiger partial charge in [0.25, 0.3) is 11.4 Å². The Morgan fingerprint density at radius 1 is 0.796 bits per heavy atom. The van der Waals surface area contributed by atoms with Gasteiger partial charge in [-0.1, -0.05) is 40.2 Å². The molecule has 2 saturated heterocycles. The summed E-state index contributed by atoms with van der Waals surface area (Å²) in [5.74, 6) is 1.46. The molecule has 49 heavy (non-hydrogen) atoms. The zero-order chi connectivity index (χ0) is 35.3. The highest BCUT2D eigenvalue weighted by Crippen LogP contribution is 2.32. The van der Waals surface area contributed by atoms with Crippen LogP contribution in [0.5, 0.6) is 11.5 Å². The number of aromatic nitrogens is 2. The molecule has 0 unspecified atom stereocenters. The third-order valence-corrected chi connectivity index (χ3v) is 8.07. The molecule has 256 valence electrons. The van der Waals surface area contributed by atoms with Crippen LogP contribution in [0.15, 0.2) is 72.8 Å². The first-order valence-electron chi connectivity index (χ1n) is 15.3. The van der Waals surface area contributed by atoms with Crippen LogP contribution in [0.4, 0.5) is 11.4 Å². The summed E-state index contributed by atoms with van der Waals surface area (Å²) in [6.45, 7) is 2.06. The molecule has 0 aliphatic carbocycles. The third-order valence-electron chi connectivity index (χ3n) is 7.50. The molecular weight excluding hydrogens is 700 g/mol. The van der Waals surface area contributed by atoms with Crippen molar-refractivity contribution in [3.63, 3.8) is 0 Å². The van der Waals surface area contributed by atoms with Crippen molar-refractivity contribution >= 4 is 39.1 Å². The van der Waals surface area contributed by atoms with Gasteiger partial charge in [0.15, 0.2) is 0 Å². The number of rotatable bonds is 9. The van der Waals surface area contributed by atoms with Gasteiger partial charge in [-0.3, -0.25) is 29.8 Å². The predicted octanol–water partition coefficient (Wildman–Crippen LogP) is 6.24. The maximum absolute atomic E-state index is 11.8. The smallest absolute Gasteiger partial charge is 0.270 e. The second-order valence-electron chi connectivity index (χ2n) is 10.8. The first-order valence-corrected chi connectivity index (χ1v) is 16.4. The number of carbonyl (C=O) groups excluding carboxylic acids is 2. The lowest BCUT2D eigenvalue weighted by atomic mass is 10.1. The van der Waals surface area contributed by atoms with E-state index in [2.05, 4.69) is 31.2 Å². The van der Waals surface area contributed by atoms with Crippen LogP contribution >= 0.6 is 15.9 Å². The van der Waals surface area contributed by atoms with Crippen LogP contribution in [-0.2, 0) is 21.5 Å². The fourth-order valence-electron chi connectivity index (χ4n) is 5.04. The number of ether oxygens (including phenoxy) is 2. The molecule has 4 heterocycles. The third kappa shape index (κ3) is 10.0. The summed E-state index contributed by atoms with van der Waals surface area (Å²) in [7, 11) is 3.08. The van der Waals surface area contributed by atoms with E-state index < -0.39 is 9.85 Å². The van der Waals surface area contributed by atoms with E-state index in [1.807, 2.05) is 12.1 Å². The van der Waals surface area contributed by atoms with Crippen LogP contribution in [0.3, 0.4) is 0 Å². The van der Waals surface area contributed by atoms with E-state index >= 15 is 0 Å². The monoisotopic (exact) mass is 734 g/mol. The highest BCUT2D eigenvalue weighted by atomic mass is 79.9. The Labute approximate surface area is 290 Å². The Morgan fingerprint density at radius 2 is 1.35 bits per heavy atom. The fourth-order valence-corrected chi connectivity index (χ4v) is 5.36. The zero-order valence-corrected chi connectivity index (χ0v) is 28.6. The fraction of sp³-hybridized carbons (Fsp3) is 0.294. The van der Waals surface area contributed by atoms with Crippen LogP contribution in [0, 0.1) is 20.2 Å². The van der Waals surface area contributed by atoms with Crippen LogP contribution in [0.2, 0.25) is 0 Å². The van der Waals surface area contributed by atoms with Crippen molar-refractivity contribution in [3.05, 3.63) is 104 Å². The molecule has 2 aliphatic heterocycles. The summed E-state index contributed by atoms with van der Waals surface area (Å²) < 4.78 is 10.6. The number of benzene rings is 2. The first-order chi connectivity index (χ1) is 23.6. The molecule has 4 aromatic rings. The molecule has 0 saturated carbocycles. The number of carbonyl (C=O) groups is 2. The van der Waals surface area contributed by atoms with Gasteiger partial charge >= 0.3 is 0 Å². The summed E-state index contributed by atoms with van der Waals surface area (Å²) in [6, 6.07) is 19.8. The standard InChI is InChI=1S/C17H17N3O4.C13H11BrN2O3.C4H7NO/c1-24-15-8-7-13(11-19-9-3-6-16(19)21)18-17(15)12-4-2-5-14(10-12)20(22)23;1-19-12-6-5-10(8-14)15-13(12)9-3-2-4-11(7-9)16(17)18;6-4-2-1-3-5-4/h2,4-5,7-8,10H,3,6,9,11H2,1H3;2-7H,8H2,1H3;1-3H2,(H,5,6). The first kappa shape index (κ1) is 36.4. The number of nitrogens with zero attached hydrogens (tertiary/aromatic N) is 5. The molecule has 15 heteroatoms. The quantitative estimate of drug-likeness (QED) is 0.117. The molecule has 0 spiro atoms. The normalized spacial score (nSPS) is 13.4. The van der Waals surface area contributed by atoms with Gasteiger partial charge in [-0.2, -0.15) is 0 Å². The van der Waals surface area contributed by atoms with E-state index in [0.29, 0.717) is 52.3 Å². The Balaban J connectivity index is 0.000000192. The molecule has 2 fully saturated rings. The minimum atomic E-state index is -0.442. The van der Waals surface area contributed by atoms with E-state index in [1.54, 1.807) is 48.4 Å². The van der Waals surface area contributed by atoms with Gasteiger partial charge in [0.1, 0.15) is 22.9 Å². The molecule has 2 aromatic heterocycles. The summed E-state index contributed by atoms with van der Waals surface area (Å²) in [5, 5.41) is 25.1. The largest absolute Gasteiger partial charge is 0.494 e. The van der Waals surface area contributed by atoms with Crippen molar-refractivity contribution in [2.45, 2.75) is 37.6 Å². The van der Waals surface area contributed by atoms with Crippen molar-refractivity contribution < 1.29 is 28.9 Å². The molecule has 0 bridgehead atoms. The predicted molar refractivity (Wildman–Crippen MR) is 185 cm³/mol. The lowest BCUT2D eigenvalue weighted by Gasteiger charge is -2.16. The van der Waals surface area contributed by atoms with Crippen molar-refractivity contribution in [3.8, 4) is 34.0 Å². The topological polar surface area (TPSA) is 180 Å². The van der Waals surface area contributed by atoms with Gasteiger partial charge < -0.3 is 19.7 Å². The number of amides is 2. The van der Waals surface area contributed by atoms with E-state index in [9.17, 15) is 29.8 Å². The number of likely N-dealkylation sites (tertiary alicyclic amines) is 1. The number of halogens is 1. The molecule has 6 rings (SSSR count). The van der Waals surface area contributed by atoms with E-state index in [4.69, 9.17) is 9.47 Å². The van der Waals surface area contributed by atoms with Crippen molar-refractivity contribution in [1.29, 1.82) is 0 Å². The molecule has 14 nitrogen and oxygen atoms in total. The molecule has 1 N–H and O–H groups in total. The average Bonchev–Trinajstić information content (AvgIpc) is 3.78. The molecular formula is C34H35BrN6O8. The van der Waals surface area contributed by atoms with Gasteiger partial charge in [0.2, 0.25) is 11.8 Å². The summed E-state index contributed by atoms with van der Waals surface area (Å²) >= 11 is 3.34. The number of alkyl halides is 1. The van der Waals surface area contributed by atoms with Gasteiger partial charge in [-0.25, -0.2) is 9.97 Å². The molecule has 0 atom stereocenters. The van der Waals surface area contributed by atoms with Crippen LogP contribution in [0.25, 0.3) is 22.5 Å². The Hall–Kier alpha value is -5.44. The van der Waals surface area contributed by atoms with E-state index in [0.717, 1.165) is 43.7 Å². The van der Waals surface area contributed by atoms with Crippen molar-refractivity contribution in [2.75, 3.05) is 27.3 Å². The summed E-state index contributed by atoms with van der Waals surface area (Å²) in [6.07, 6.45) is 3.21. The molecule has 2 aromatic carbocycles. The van der Waals surface area contributed by atoms with Gasteiger partial charge in [-0.05, 0) is 37.1 Å². The van der Waals surface area contributed by atoms with E-state index in [1.165, 1.54) is 31.4 Å². The number of hydrogen-bond acceptors (Lipinski definition) is 10. The Morgan fingerprint density at radius 3 is 1.76 bits per heavy atom. The minimum absolute atomic E-state index is 0.00326. The highest BCUT2D eigenvalue weighted by molar-refractivity contribution is 9.08. The maximum Gasteiger partial charge on any atom is 0.270 e. The van der Waals surface area contributed by atoms with Gasteiger partial charge in [0, 0.05) is 66.7 Å². The number of nitro benzene ring substituents is 2. The molecule has 0 radical (unpaired) electrons. The average molecular weight is 736 g/mol. The van der Waals surface area contributed by atoms with E-state index in [-0.39, 0.29) is 23.2 Å². The van der Waals surface area contributed by atoms with Gasteiger partial charge in [-0.15, -0.1) is 0 Å². The van der Waals surface area contributed by atoms with Crippen LogP contribution < -0.4 is 14.8 Å². The highest BCUT2D eigenvalue weighted by Gasteiger charge is 2.21. The Bertz CT molecular complexity index is 1810. The number of nitrogens with one attached hydrogen (secondary N) is 1. The second-order valence-corrected chi connectivity index (χ2v) is 11.4. The molecule has 2 amide bonds. The zero-order valence-electron chi connectivity index (χ0n) is 27.0. The number of pyridine rings is 2. The Kier molecular flexibility index (Phi) is 13.1. The maximum atomic E-state index is 11.8. The van der Waals surface area contributed by atoms with Gasteiger partial charge in [0.05, 0.1) is 42.0 Å². The number of nitro groups is 2. The second kappa shape index (κ2) is 17.6. The number of non-ortho nitro benzene ring substituents is 2. The SMILES string of the molecule is COc1ccc(CBr)nc1-c1cccc([N+](=O)[O-])c1.COc1ccc(CN2CCCC2=O)nc1-c1cccc([N+](=O)[O-])c1.O=C1CCCN1. The number of hydrogen-bond donors (Lipinski definition) is 1. The lowest BCUT2D eigenvalue weighted by molar-refractivity contribution is -0.385. The number of methoxy groups -OCH3 is 2. The van der Waals surface area contributed by atoms with Crippen LogP contribution in [-0.4, -0.2) is 63.8 Å². The summed E-state index contributed by atoms with van der Waals surface area (Å²) in [5.41, 5.74) is 4.00. The molecule has 2 aliphatic rings.